The molecule has 3 amide bonds. The normalized spacial score (nSPS) is 19.9. The molecular formula is C37H36FN7O4. The standard InChI is InChI=1S/C37H36FN7O4/c1-40-33(47)24-7-11-29-22(15-24)3-4-23-16-25(34(48)41-2)8-12-30(23)37(29,36-44-43-35(49-36)21-5-9-27(38)10-6-21)13-14-42-20-32(46)45-28(19-39)17-26-18-31(26)45/h5-12,15-16,26,28,31,42H,3-4,13-14,17-18,20H2,1-2H3,(H,40,47)(H,41,48)/t26-,28?,31+/m1/s1. The lowest BCUT2D eigenvalue weighted by atomic mass is 9.69. The number of hydrogen-bond acceptors (Lipinski definition) is 8. The van der Waals surface area contributed by atoms with E-state index in [2.05, 4.69) is 32.2 Å². The Labute approximate surface area is 282 Å². The Morgan fingerprint density at radius 1 is 0.939 bits per heavy atom. The number of nitriles is 1. The summed E-state index contributed by atoms with van der Waals surface area (Å²) in [7, 11) is 3.17. The predicted molar refractivity (Wildman–Crippen MR) is 177 cm³/mol. The van der Waals surface area contributed by atoms with Gasteiger partial charge in [0.2, 0.25) is 17.7 Å². The number of nitrogens with one attached hydrogen (secondary N) is 3. The van der Waals surface area contributed by atoms with Crippen molar-refractivity contribution < 1.29 is 23.2 Å². The van der Waals surface area contributed by atoms with Crippen LogP contribution in [0.5, 0.6) is 0 Å². The minimum Gasteiger partial charge on any atom is -0.419 e. The first-order chi connectivity index (χ1) is 23.8. The number of carbonyl (C=O) groups is 3. The van der Waals surface area contributed by atoms with Gasteiger partial charge in [-0.1, -0.05) is 12.1 Å². The van der Waals surface area contributed by atoms with E-state index in [1.54, 1.807) is 43.3 Å². The van der Waals surface area contributed by atoms with E-state index in [-0.39, 0.29) is 42.1 Å². The molecule has 3 N–H and O–H groups in total. The average Bonchev–Trinajstić information content (AvgIpc) is 3.56. The SMILES string of the molecule is CNC(=O)c1ccc2c(c1)CCc1cc(C(=O)NC)ccc1C2(CCNCC(=O)N1C(C#N)C[C@@H]2C[C@@H]21)c1nnc(-c2ccc(F)cc2)o1. The second kappa shape index (κ2) is 12.9. The third kappa shape index (κ3) is 5.74. The Kier molecular flexibility index (Phi) is 8.46. The molecule has 0 bridgehead atoms. The van der Waals surface area contributed by atoms with Crippen LogP contribution in [0.2, 0.25) is 0 Å². The van der Waals surface area contributed by atoms with Gasteiger partial charge in [-0.05, 0) is 115 Å². The lowest BCUT2D eigenvalue weighted by Crippen LogP contribution is -2.44. The molecule has 1 saturated heterocycles. The number of piperidine rings is 1. The van der Waals surface area contributed by atoms with Crippen LogP contribution in [0.1, 0.15) is 68.1 Å². The minimum atomic E-state index is -1.06. The quantitative estimate of drug-likeness (QED) is 0.231. The van der Waals surface area contributed by atoms with Gasteiger partial charge in [-0.25, -0.2) is 4.39 Å². The van der Waals surface area contributed by atoms with Crippen LogP contribution in [0.25, 0.3) is 11.5 Å². The summed E-state index contributed by atoms with van der Waals surface area (Å²) in [6.07, 6.45) is 3.20. The third-order valence-electron chi connectivity index (χ3n) is 10.1. The largest absolute Gasteiger partial charge is 0.419 e. The van der Waals surface area contributed by atoms with E-state index in [1.807, 2.05) is 24.3 Å². The highest BCUT2D eigenvalue weighted by Gasteiger charge is 2.54. The lowest BCUT2D eigenvalue weighted by Gasteiger charge is -2.34. The van der Waals surface area contributed by atoms with Gasteiger partial charge in [0.25, 0.3) is 11.8 Å². The monoisotopic (exact) mass is 661 g/mol. The van der Waals surface area contributed by atoms with E-state index < -0.39 is 17.3 Å². The number of nitrogens with zero attached hydrogens (tertiary/aromatic N) is 4. The number of benzene rings is 3. The van der Waals surface area contributed by atoms with Crippen molar-refractivity contribution in [3.63, 3.8) is 0 Å². The van der Waals surface area contributed by atoms with E-state index in [0.717, 1.165) is 35.1 Å². The number of aromatic nitrogens is 2. The number of hydrogen-bond donors (Lipinski definition) is 3. The number of fused-ring (bicyclic) bond motifs is 3. The Hall–Kier alpha value is -5.41. The van der Waals surface area contributed by atoms with Gasteiger partial charge in [0, 0.05) is 36.8 Å². The number of rotatable bonds is 9. The summed E-state index contributed by atoms with van der Waals surface area (Å²) in [5, 5.41) is 27.3. The highest BCUT2D eigenvalue weighted by Crippen LogP contribution is 2.49. The Balaban J connectivity index is 1.32. The maximum atomic E-state index is 13.8. The zero-order valence-corrected chi connectivity index (χ0v) is 27.3. The number of halogens is 1. The highest BCUT2D eigenvalue weighted by atomic mass is 19.1. The fraction of sp³-hybridized carbons (Fsp3) is 0.351. The summed E-state index contributed by atoms with van der Waals surface area (Å²) in [5.41, 5.74) is 4.03. The van der Waals surface area contributed by atoms with Gasteiger partial charge in [0.1, 0.15) is 17.3 Å². The molecule has 250 valence electrons. The number of aryl methyl sites for hydroxylation is 2. The molecule has 3 atom stereocenters. The molecule has 1 aliphatic heterocycles. The second-order valence-corrected chi connectivity index (χ2v) is 12.9. The van der Waals surface area contributed by atoms with Crippen LogP contribution in [0, 0.1) is 23.1 Å². The molecule has 1 unspecified atom stereocenters. The van der Waals surface area contributed by atoms with E-state index in [0.29, 0.717) is 48.4 Å². The van der Waals surface area contributed by atoms with Crippen molar-refractivity contribution in [3.8, 4) is 17.5 Å². The summed E-state index contributed by atoms with van der Waals surface area (Å²) in [5.74, 6) is -0.0114. The zero-order chi connectivity index (χ0) is 34.3. The van der Waals surface area contributed by atoms with Crippen molar-refractivity contribution in [3.05, 3.63) is 106 Å². The summed E-state index contributed by atoms with van der Waals surface area (Å²) in [4.78, 5) is 40.5. The van der Waals surface area contributed by atoms with Crippen LogP contribution in [0.4, 0.5) is 4.39 Å². The van der Waals surface area contributed by atoms with Crippen LogP contribution in [-0.2, 0) is 23.1 Å². The van der Waals surface area contributed by atoms with Crippen molar-refractivity contribution in [1.29, 1.82) is 5.26 Å². The van der Waals surface area contributed by atoms with Gasteiger partial charge >= 0.3 is 0 Å². The Morgan fingerprint density at radius 2 is 1.57 bits per heavy atom. The molecule has 2 heterocycles. The van der Waals surface area contributed by atoms with Crippen molar-refractivity contribution in [2.75, 3.05) is 27.2 Å². The molecule has 49 heavy (non-hydrogen) atoms. The summed E-state index contributed by atoms with van der Waals surface area (Å²) >= 11 is 0. The average molecular weight is 662 g/mol. The third-order valence-corrected chi connectivity index (χ3v) is 10.1. The van der Waals surface area contributed by atoms with Gasteiger partial charge in [-0.2, -0.15) is 5.26 Å². The number of carbonyl (C=O) groups excluding carboxylic acids is 3. The predicted octanol–water partition coefficient (Wildman–Crippen LogP) is 3.52. The van der Waals surface area contributed by atoms with E-state index in [4.69, 9.17) is 4.42 Å². The zero-order valence-electron chi connectivity index (χ0n) is 27.3. The molecule has 4 aromatic rings. The van der Waals surface area contributed by atoms with Crippen LogP contribution in [0.3, 0.4) is 0 Å². The maximum Gasteiger partial charge on any atom is 0.251 e. The molecule has 1 saturated carbocycles. The molecule has 0 radical (unpaired) electrons. The number of likely N-dealkylation sites (tertiary alicyclic amines) is 1. The Morgan fingerprint density at radius 3 is 2.16 bits per heavy atom. The Bertz CT molecular complexity index is 1920. The molecule has 11 nitrogen and oxygen atoms in total. The second-order valence-electron chi connectivity index (χ2n) is 12.9. The lowest BCUT2D eigenvalue weighted by molar-refractivity contribution is -0.131. The van der Waals surface area contributed by atoms with Crippen LogP contribution >= 0.6 is 0 Å². The molecule has 2 fully saturated rings. The van der Waals surface area contributed by atoms with Gasteiger partial charge in [0.05, 0.1) is 12.6 Å². The van der Waals surface area contributed by atoms with Gasteiger partial charge in [-0.15, -0.1) is 10.2 Å². The topological polar surface area (TPSA) is 153 Å². The van der Waals surface area contributed by atoms with Gasteiger partial charge < -0.3 is 25.3 Å². The summed E-state index contributed by atoms with van der Waals surface area (Å²) in [6.45, 7) is 0.416. The first-order valence-corrected chi connectivity index (χ1v) is 16.5. The molecule has 3 aliphatic rings. The summed E-state index contributed by atoms with van der Waals surface area (Å²) < 4.78 is 20.3. The molecule has 2 aliphatic carbocycles. The minimum absolute atomic E-state index is 0.0626. The van der Waals surface area contributed by atoms with Gasteiger partial charge in [0.15, 0.2) is 0 Å². The fourth-order valence-corrected chi connectivity index (χ4v) is 7.62. The molecular weight excluding hydrogens is 625 g/mol. The highest BCUT2D eigenvalue weighted by molar-refractivity contribution is 5.95. The first-order valence-electron chi connectivity index (χ1n) is 16.5. The first kappa shape index (κ1) is 32.2. The maximum absolute atomic E-state index is 13.8. The molecule has 0 spiro atoms. The molecule has 12 heteroatoms. The van der Waals surface area contributed by atoms with E-state index >= 15 is 0 Å². The van der Waals surface area contributed by atoms with Crippen molar-refractivity contribution in [2.24, 2.45) is 5.92 Å². The number of amides is 3. The van der Waals surface area contributed by atoms with Crippen molar-refractivity contribution in [1.82, 2.24) is 31.0 Å². The fourth-order valence-electron chi connectivity index (χ4n) is 7.62. The molecule has 3 aromatic carbocycles. The van der Waals surface area contributed by atoms with Crippen molar-refractivity contribution >= 4 is 17.7 Å². The molecule has 7 rings (SSSR count). The van der Waals surface area contributed by atoms with Crippen LogP contribution in [-0.4, -0.2) is 72.1 Å². The molecule has 1 aromatic heterocycles. The van der Waals surface area contributed by atoms with Crippen LogP contribution in [0.15, 0.2) is 65.1 Å². The van der Waals surface area contributed by atoms with Crippen LogP contribution < -0.4 is 16.0 Å². The van der Waals surface area contributed by atoms with E-state index in [9.17, 15) is 24.0 Å². The van der Waals surface area contributed by atoms with Crippen molar-refractivity contribution in [2.45, 2.75) is 49.6 Å². The summed E-state index contributed by atoms with van der Waals surface area (Å²) in [6, 6.07) is 19.0. The van der Waals surface area contributed by atoms with E-state index in [1.165, 1.54) is 12.1 Å². The smallest absolute Gasteiger partial charge is 0.251 e. The van der Waals surface area contributed by atoms with Gasteiger partial charge in [-0.3, -0.25) is 14.4 Å².